The summed E-state index contributed by atoms with van der Waals surface area (Å²) in [6.45, 7) is 7.27. The molecule has 0 atom stereocenters. The van der Waals surface area contributed by atoms with Gasteiger partial charge in [0, 0.05) is 6.54 Å². The van der Waals surface area contributed by atoms with Crippen LogP contribution in [0.5, 0.6) is 0 Å². The zero-order valence-electron chi connectivity index (χ0n) is 13.4. The molecule has 1 aromatic heterocycles. The van der Waals surface area contributed by atoms with Gasteiger partial charge >= 0.3 is 0 Å². The maximum Gasteiger partial charge on any atom is 0.164 e. The van der Waals surface area contributed by atoms with Crippen LogP contribution in [-0.4, -0.2) is 21.3 Å². The lowest BCUT2D eigenvalue weighted by atomic mass is 10.1. The lowest BCUT2D eigenvalue weighted by molar-refractivity contribution is 0.515. The fraction of sp³-hybridized carbons (Fsp3) is 0.875. The third kappa shape index (κ3) is 8.31. The largest absolute Gasteiger partial charge is 0.310 e. The first-order valence-corrected chi connectivity index (χ1v) is 8.45. The molecule has 1 heterocycles. The summed E-state index contributed by atoms with van der Waals surface area (Å²) in [5.41, 5.74) is 0. The highest BCUT2D eigenvalue weighted by Crippen LogP contribution is 2.08. The molecular weight excluding hydrogens is 248 g/mol. The van der Waals surface area contributed by atoms with E-state index in [1.807, 2.05) is 11.0 Å². The van der Waals surface area contributed by atoms with Crippen molar-refractivity contribution in [2.75, 3.05) is 6.54 Å². The minimum absolute atomic E-state index is 0.790. The van der Waals surface area contributed by atoms with Gasteiger partial charge in [-0.2, -0.15) is 5.10 Å². The van der Waals surface area contributed by atoms with Gasteiger partial charge in [0.05, 0.1) is 6.54 Å². The van der Waals surface area contributed by atoms with Crippen LogP contribution in [-0.2, 0) is 13.1 Å². The summed E-state index contributed by atoms with van der Waals surface area (Å²) in [4.78, 5) is 4.33. The first-order valence-electron chi connectivity index (χ1n) is 8.45. The smallest absolute Gasteiger partial charge is 0.164 e. The lowest BCUT2D eigenvalue weighted by Crippen LogP contribution is -2.15. The number of aromatic nitrogens is 3. The van der Waals surface area contributed by atoms with Crippen LogP contribution in [0.2, 0.25) is 0 Å². The SMILES string of the molecule is CCCCCCCCCCn1cnc(CNCCC)n1. The van der Waals surface area contributed by atoms with Gasteiger partial charge in [-0.25, -0.2) is 4.98 Å². The van der Waals surface area contributed by atoms with E-state index in [9.17, 15) is 0 Å². The molecule has 4 heteroatoms. The van der Waals surface area contributed by atoms with Gasteiger partial charge in [0.25, 0.3) is 0 Å². The number of nitrogens with one attached hydrogen (secondary N) is 1. The summed E-state index contributed by atoms with van der Waals surface area (Å²) in [5.74, 6) is 0.915. The summed E-state index contributed by atoms with van der Waals surface area (Å²) < 4.78 is 1.99. The van der Waals surface area contributed by atoms with Crippen molar-refractivity contribution in [3.63, 3.8) is 0 Å². The molecule has 116 valence electrons. The number of nitrogens with zero attached hydrogens (tertiary/aromatic N) is 3. The first kappa shape index (κ1) is 17.2. The predicted molar refractivity (Wildman–Crippen MR) is 84.6 cm³/mol. The Labute approximate surface area is 124 Å². The monoisotopic (exact) mass is 280 g/mol. The Hall–Kier alpha value is -0.900. The first-order chi connectivity index (χ1) is 9.86. The van der Waals surface area contributed by atoms with Gasteiger partial charge in [0.15, 0.2) is 5.82 Å². The minimum atomic E-state index is 0.790. The number of aryl methyl sites for hydroxylation is 1. The second kappa shape index (κ2) is 11.9. The van der Waals surface area contributed by atoms with Crippen molar-refractivity contribution in [2.45, 2.75) is 84.7 Å². The van der Waals surface area contributed by atoms with Crippen molar-refractivity contribution in [1.29, 1.82) is 0 Å². The highest BCUT2D eigenvalue weighted by atomic mass is 15.3. The van der Waals surface area contributed by atoms with Crippen LogP contribution in [0, 0.1) is 0 Å². The Bertz CT molecular complexity index is 322. The molecule has 1 N–H and O–H groups in total. The van der Waals surface area contributed by atoms with Crippen LogP contribution in [0.3, 0.4) is 0 Å². The number of hydrogen-bond acceptors (Lipinski definition) is 3. The normalized spacial score (nSPS) is 11.1. The van der Waals surface area contributed by atoms with Crippen LogP contribution in [0.4, 0.5) is 0 Å². The molecule has 0 spiro atoms. The standard InChI is InChI=1S/C16H32N4/c1-3-5-6-7-8-9-10-11-13-20-15-18-16(19-20)14-17-12-4-2/h15,17H,3-14H2,1-2H3. The van der Waals surface area contributed by atoms with Gasteiger partial charge < -0.3 is 5.32 Å². The van der Waals surface area contributed by atoms with E-state index in [-0.39, 0.29) is 0 Å². The van der Waals surface area contributed by atoms with E-state index in [1.54, 1.807) is 0 Å². The molecule has 0 saturated carbocycles. The Morgan fingerprint density at radius 1 is 0.950 bits per heavy atom. The van der Waals surface area contributed by atoms with Gasteiger partial charge in [-0.05, 0) is 19.4 Å². The average molecular weight is 280 g/mol. The highest BCUT2D eigenvalue weighted by molar-refractivity contribution is 4.80. The molecule has 0 radical (unpaired) electrons. The molecular formula is C16H32N4. The molecule has 0 aliphatic carbocycles. The van der Waals surface area contributed by atoms with Crippen LogP contribution in [0.15, 0.2) is 6.33 Å². The number of hydrogen-bond donors (Lipinski definition) is 1. The quantitative estimate of drug-likeness (QED) is 0.557. The highest BCUT2D eigenvalue weighted by Gasteiger charge is 2.00. The van der Waals surface area contributed by atoms with E-state index in [0.717, 1.165) is 31.9 Å². The molecule has 0 bridgehead atoms. The molecule has 1 rings (SSSR count). The Morgan fingerprint density at radius 2 is 1.65 bits per heavy atom. The van der Waals surface area contributed by atoms with Gasteiger partial charge in [-0.15, -0.1) is 0 Å². The zero-order valence-corrected chi connectivity index (χ0v) is 13.4. The second-order valence-corrected chi connectivity index (χ2v) is 5.58. The molecule has 20 heavy (non-hydrogen) atoms. The van der Waals surface area contributed by atoms with Crippen molar-refractivity contribution in [3.8, 4) is 0 Å². The van der Waals surface area contributed by atoms with Gasteiger partial charge in [0.2, 0.25) is 0 Å². The van der Waals surface area contributed by atoms with E-state index in [0.29, 0.717) is 0 Å². The van der Waals surface area contributed by atoms with E-state index in [2.05, 4.69) is 29.2 Å². The van der Waals surface area contributed by atoms with Crippen LogP contribution in [0.1, 0.15) is 77.5 Å². The summed E-state index contributed by atoms with van der Waals surface area (Å²) in [5, 5.41) is 7.81. The van der Waals surface area contributed by atoms with E-state index >= 15 is 0 Å². The summed E-state index contributed by atoms with van der Waals surface area (Å²) in [7, 11) is 0. The zero-order chi connectivity index (χ0) is 14.5. The molecule has 4 nitrogen and oxygen atoms in total. The van der Waals surface area contributed by atoms with E-state index < -0.39 is 0 Å². The average Bonchev–Trinajstić information content (AvgIpc) is 2.90. The molecule has 1 aromatic rings. The fourth-order valence-electron chi connectivity index (χ4n) is 2.31. The predicted octanol–water partition coefficient (Wildman–Crippen LogP) is 3.92. The van der Waals surface area contributed by atoms with Crippen molar-refractivity contribution >= 4 is 0 Å². The molecule has 0 amide bonds. The maximum absolute atomic E-state index is 4.48. The fourth-order valence-corrected chi connectivity index (χ4v) is 2.31. The van der Waals surface area contributed by atoms with Gasteiger partial charge in [-0.3, -0.25) is 4.68 Å². The Morgan fingerprint density at radius 3 is 2.35 bits per heavy atom. The van der Waals surface area contributed by atoms with Crippen molar-refractivity contribution in [1.82, 2.24) is 20.1 Å². The van der Waals surface area contributed by atoms with Crippen LogP contribution >= 0.6 is 0 Å². The van der Waals surface area contributed by atoms with Gasteiger partial charge in [-0.1, -0.05) is 58.8 Å². The van der Waals surface area contributed by atoms with E-state index in [1.165, 1.54) is 51.4 Å². The number of unbranched alkanes of at least 4 members (excludes halogenated alkanes) is 7. The molecule has 0 unspecified atom stereocenters. The molecule has 0 aliphatic heterocycles. The van der Waals surface area contributed by atoms with E-state index in [4.69, 9.17) is 0 Å². The third-order valence-electron chi connectivity index (χ3n) is 3.53. The Balaban J connectivity index is 1.99. The lowest BCUT2D eigenvalue weighted by Gasteiger charge is -2.02. The summed E-state index contributed by atoms with van der Waals surface area (Å²) in [6, 6.07) is 0. The maximum atomic E-state index is 4.48. The molecule has 0 saturated heterocycles. The minimum Gasteiger partial charge on any atom is -0.310 e. The second-order valence-electron chi connectivity index (χ2n) is 5.58. The van der Waals surface area contributed by atoms with Crippen molar-refractivity contribution < 1.29 is 0 Å². The van der Waals surface area contributed by atoms with Crippen molar-refractivity contribution in [3.05, 3.63) is 12.2 Å². The third-order valence-corrected chi connectivity index (χ3v) is 3.53. The molecule has 0 aromatic carbocycles. The topological polar surface area (TPSA) is 42.7 Å². The molecule has 0 aliphatic rings. The molecule has 0 fully saturated rings. The summed E-state index contributed by atoms with van der Waals surface area (Å²) in [6.07, 6.45) is 13.9. The summed E-state index contributed by atoms with van der Waals surface area (Å²) >= 11 is 0. The van der Waals surface area contributed by atoms with Crippen LogP contribution < -0.4 is 5.32 Å². The Kier molecular flexibility index (Phi) is 10.2. The van der Waals surface area contributed by atoms with Gasteiger partial charge in [0.1, 0.15) is 6.33 Å². The number of rotatable bonds is 13. The van der Waals surface area contributed by atoms with Crippen molar-refractivity contribution in [2.24, 2.45) is 0 Å². The van der Waals surface area contributed by atoms with Crippen LogP contribution in [0.25, 0.3) is 0 Å².